The molecule has 0 bridgehead atoms. The summed E-state index contributed by atoms with van der Waals surface area (Å²) >= 11 is 1.59. The van der Waals surface area contributed by atoms with E-state index in [4.69, 9.17) is 0 Å². The van der Waals surface area contributed by atoms with Gasteiger partial charge in [0.05, 0.1) is 23.7 Å². The largest absolute Gasteiger partial charge is 0.305 e. The Kier molecular flexibility index (Phi) is 3.99. The van der Waals surface area contributed by atoms with Crippen molar-refractivity contribution in [3.63, 3.8) is 0 Å². The third kappa shape index (κ3) is 5.04. The third-order valence-electron chi connectivity index (χ3n) is 1.86. The van der Waals surface area contributed by atoms with Gasteiger partial charge in [0.2, 0.25) is 0 Å². The Morgan fingerprint density at radius 3 is 2.67 bits per heavy atom. The molecule has 0 fully saturated rings. The van der Waals surface area contributed by atoms with E-state index < -0.39 is 0 Å². The molecule has 0 unspecified atom stereocenters. The maximum absolute atomic E-state index is 11.6. The molecule has 0 atom stereocenters. The molecule has 0 aliphatic rings. The quantitative estimate of drug-likeness (QED) is 0.853. The Hall–Kier alpha value is -0.740. The van der Waals surface area contributed by atoms with Gasteiger partial charge in [-0.3, -0.25) is 4.79 Å². The van der Waals surface area contributed by atoms with Gasteiger partial charge in [-0.25, -0.2) is 4.98 Å². The van der Waals surface area contributed by atoms with Gasteiger partial charge in [-0.1, -0.05) is 0 Å². The molecule has 0 aliphatic heterocycles. The van der Waals surface area contributed by atoms with Gasteiger partial charge >= 0.3 is 0 Å². The lowest BCUT2D eigenvalue weighted by Gasteiger charge is -2.19. The molecule has 0 amide bonds. The Morgan fingerprint density at radius 1 is 1.53 bits per heavy atom. The smallest absolute Gasteiger partial charge is 0.152 e. The predicted molar refractivity (Wildman–Crippen MR) is 63.3 cm³/mol. The van der Waals surface area contributed by atoms with Crippen molar-refractivity contribution in [3.05, 3.63) is 16.1 Å². The molecule has 0 aromatic carbocycles. The number of Topliss-reactive ketones (excluding diaryl/α,β-unsaturated/α-hetero) is 1. The van der Waals surface area contributed by atoms with Crippen molar-refractivity contribution in [2.75, 3.05) is 6.54 Å². The molecule has 0 saturated heterocycles. The van der Waals surface area contributed by atoms with Gasteiger partial charge in [0.1, 0.15) is 0 Å². The van der Waals surface area contributed by atoms with Crippen LogP contribution in [0.25, 0.3) is 0 Å². The van der Waals surface area contributed by atoms with Crippen LogP contribution in [0.4, 0.5) is 0 Å². The number of nitrogens with one attached hydrogen (secondary N) is 1. The highest BCUT2D eigenvalue weighted by Gasteiger charge is 2.12. The molecule has 3 nitrogen and oxygen atoms in total. The topological polar surface area (TPSA) is 42.0 Å². The zero-order valence-electron chi connectivity index (χ0n) is 9.76. The van der Waals surface area contributed by atoms with Crippen molar-refractivity contribution in [2.24, 2.45) is 0 Å². The summed E-state index contributed by atoms with van der Waals surface area (Å²) in [4.78, 5) is 15.8. The van der Waals surface area contributed by atoms with Gasteiger partial charge in [-0.2, -0.15) is 0 Å². The lowest BCUT2D eigenvalue weighted by atomic mass is 10.1. The molecular weight excluding hydrogens is 208 g/mol. The number of ketones is 1. The summed E-state index contributed by atoms with van der Waals surface area (Å²) in [5, 5.41) is 6.14. The van der Waals surface area contributed by atoms with Crippen LogP contribution >= 0.6 is 11.3 Å². The fraction of sp³-hybridized carbons (Fsp3) is 0.636. The first-order valence-electron chi connectivity index (χ1n) is 5.04. The molecule has 1 heterocycles. The van der Waals surface area contributed by atoms with E-state index >= 15 is 0 Å². The van der Waals surface area contributed by atoms with Crippen molar-refractivity contribution in [3.8, 4) is 0 Å². The minimum atomic E-state index is -0.00630. The molecule has 0 saturated carbocycles. The number of aryl methyl sites for hydroxylation is 1. The van der Waals surface area contributed by atoms with Crippen LogP contribution < -0.4 is 5.32 Å². The Balaban J connectivity index is 2.37. The van der Waals surface area contributed by atoms with Gasteiger partial charge in [-0.05, 0) is 27.7 Å². The highest BCUT2D eigenvalue weighted by Crippen LogP contribution is 2.08. The number of thiazole rings is 1. The van der Waals surface area contributed by atoms with Crippen LogP contribution in [0.5, 0.6) is 0 Å². The highest BCUT2D eigenvalue weighted by atomic mass is 32.1. The van der Waals surface area contributed by atoms with Crippen molar-refractivity contribution in [1.29, 1.82) is 0 Å². The number of carbonyl (C=O) groups is 1. The number of aromatic nitrogens is 1. The number of carbonyl (C=O) groups excluding carboxylic acids is 1. The Bertz CT molecular complexity index is 339. The average molecular weight is 226 g/mol. The maximum Gasteiger partial charge on any atom is 0.152 e. The Labute approximate surface area is 94.9 Å². The lowest BCUT2D eigenvalue weighted by molar-refractivity contribution is -0.117. The lowest BCUT2D eigenvalue weighted by Crippen LogP contribution is -2.39. The van der Waals surface area contributed by atoms with Crippen LogP contribution in [0.1, 0.15) is 31.5 Å². The van der Waals surface area contributed by atoms with E-state index in [0.29, 0.717) is 13.0 Å². The van der Waals surface area contributed by atoms with E-state index in [1.54, 1.807) is 11.3 Å². The molecule has 0 spiro atoms. The summed E-state index contributed by atoms with van der Waals surface area (Å²) in [6.07, 6.45) is 0.438. The third-order valence-corrected chi connectivity index (χ3v) is 2.68. The minimum Gasteiger partial charge on any atom is -0.305 e. The van der Waals surface area contributed by atoms with Crippen LogP contribution in [-0.4, -0.2) is 22.9 Å². The molecule has 15 heavy (non-hydrogen) atoms. The molecule has 1 aromatic heterocycles. The molecule has 1 aromatic rings. The van der Waals surface area contributed by atoms with Crippen molar-refractivity contribution >= 4 is 17.1 Å². The summed E-state index contributed by atoms with van der Waals surface area (Å²) in [6, 6.07) is 0. The molecule has 1 rings (SSSR count). The van der Waals surface area contributed by atoms with Gasteiger partial charge in [0.15, 0.2) is 5.78 Å². The average Bonchev–Trinajstić information content (AvgIpc) is 2.47. The molecule has 0 radical (unpaired) electrons. The number of hydrogen-bond acceptors (Lipinski definition) is 4. The summed E-state index contributed by atoms with van der Waals surface area (Å²) < 4.78 is 0. The minimum absolute atomic E-state index is 0.00630. The van der Waals surface area contributed by atoms with E-state index in [1.165, 1.54) is 0 Å². The molecule has 1 N–H and O–H groups in total. The zero-order chi connectivity index (χ0) is 11.5. The maximum atomic E-state index is 11.6. The van der Waals surface area contributed by atoms with Gasteiger partial charge in [0.25, 0.3) is 0 Å². The second kappa shape index (κ2) is 4.86. The van der Waals surface area contributed by atoms with E-state index in [0.717, 1.165) is 10.7 Å². The second-order valence-corrected chi connectivity index (χ2v) is 5.74. The fourth-order valence-electron chi connectivity index (χ4n) is 1.12. The van der Waals surface area contributed by atoms with Gasteiger partial charge < -0.3 is 5.32 Å². The summed E-state index contributed by atoms with van der Waals surface area (Å²) in [5.41, 5.74) is 0.881. The van der Waals surface area contributed by atoms with Crippen LogP contribution in [0.2, 0.25) is 0 Å². The van der Waals surface area contributed by atoms with Gasteiger partial charge in [-0.15, -0.1) is 11.3 Å². The standard InChI is InChI=1S/C11H18N2OS/c1-8-13-9(7-15-8)5-10(14)6-12-11(2,3)4/h7,12H,5-6H2,1-4H3. The van der Waals surface area contributed by atoms with Crippen molar-refractivity contribution in [1.82, 2.24) is 10.3 Å². The summed E-state index contributed by atoms with van der Waals surface area (Å²) in [7, 11) is 0. The molecule has 84 valence electrons. The first-order chi connectivity index (χ1) is 6.87. The van der Waals surface area contributed by atoms with Crippen LogP contribution in [0.15, 0.2) is 5.38 Å². The highest BCUT2D eigenvalue weighted by molar-refractivity contribution is 7.09. The van der Waals surface area contributed by atoms with E-state index in [9.17, 15) is 4.79 Å². The fourth-order valence-corrected chi connectivity index (χ4v) is 1.73. The van der Waals surface area contributed by atoms with E-state index in [1.807, 2.05) is 33.1 Å². The number of rotatable bonds is 4. The summed E-state index contributed by atoms with van der Waals surface area (Å²) in [5.74, 6) is 0.190. The SMILES string of the molecule is Cc1nc(CC(=O)CNC(C)(C)C)cs1. The second-order valence-electron chi connectivity index (χ2n) is 4.68. The number of nitrogens with zero attached hydrogens (tertiary/aromatic N) is 1. The number of hydrogen-bond donors (Lipinski definition) is 1. The molecule has 0 aliphatic carbocycles. The first kappa shape index (κ1) is 12.3. The van der Waals surface area contributed by atoms with Crippen molar-refractivity contribution in [2.45, 2.75) is 39.7 Å². The van der Waals surface area contributed by atoms with Crippen LogP contribution in [-0.2, 0) is 11.2 Å². The Morgan fingerprint density at radius 2 is 2.20 bits per heavy atom. The monoisotopic (exact) mass is 226 g/mol. The van der Waals surface area contributed by atoms with Crippen LogP contribution in [0, 0.1) is 6.92 Å². The van der Waals surface area contributed by atoms with E-state index in [-0.39, 0.29) is 11.3 Å². The van der Waals surface area contributed by atoms with E-state index in [2.05, 4.69) is 10.3 Å². The predicted octanol–water partition coefficient (Wildman–Crippen LogP) is 1.95. The van der Waals surface area contributed by atoms with Crippen molar-refractivity contribution < 1.29 is 4.79 Å². The van der Waals surface area contributed by atoms with Gasteiger partial charge in [0, 0.05) is 10.9 Å². The zero-order valence-corrected chi connectivity index (χ0v) is 10.6. The molecular formula is C11H18N2OS. The first-order valence-corrected chi connectivity index (χ1v) is 5.92. The molecule has 4 heteroatoms. The normalized spacial score (nSPS) is 11.7. The summed E-state index contributed by atoms with van der Waals surface area (Å²) in [6.45, 7) is 8.51. The van der Waals surface area contributed by atoms with Crippen LogP contribution in [0.3, 0.4) is 0 Å².